The highest BCUT2D eigenvalue weighted by atomic mass is 16.3. The van der Waals surface area contributed by atoms with E-state index in [1.807, 2.05) is 49.6 Å². The lowest BCUT2D eigenvalue weighted by Crippen LogP contribution is -2.52. The first-order valence-corrected chi connectivity index (χ1v) is 8.59. The van der Waals surface area contributed by atoms with Gasteiger partial charge < -0.3 is 5.11 Å². The summed E-state index contributed by atoms with van der Waals surface area (Å²) in [5, 5.41) is 10.4. The van der Waals surface area contributed by atoms with Crippen LogP contribution in [0.4, 0.5) is 0 Å². The van der Waals surface area contributed by atoms with E-state index < -0.39 is 6.10 Å². The average Bonchev–Trinajstić information content (AvgIpc) is 2.60. The molecule has 0 unspecified atom stereocenters. The Bertz CT molecular complexity index is 632. The molecule has 2 atom stereocenters. The molecule has 128 valence electrons. The second kappa shape index (κ2) is 7.83. The van der Waals surface area contributed by atoms with Crippen LogP contribution in [-0.2, 0) is 6.54 Å². The number of piperazine rings is 1. The maximum Gasteiger partial charge on any atom is 0.0917 e. The molecule has 0 bridgehead atoms. The minimum Gasteiger partial charge on any atom is -0.387 e. The van der Waals surface area contributed by atoms with E-state index in [4.69, 9.17) is 0 Å². The number of aryl methyl sites for hydroxylation is 1. The third kappa shape index (κ3) is 4.38. The van der Waals surface area contributed by atoms with Gasteiger partial charge in [-0.25, -0.2) is 0 Å². The van der Waals surface area contributed by atoms with Crippen LogP contribution < -0.4 is 0 Å². The normalized spacial score (nSPS) is 20.9. The quantitative estimate of drug-likeness (QED) is 0.911. The van der Waals surface area contributed by atoms with Crippen LogP contribution in [0.15, 0.2) is 42.7 Å². The number of hydrogen-bond acceptors (Lipinski definition) is 5. The van der Waals surface area contributed by atoms with E-state index in [-0.39, 0.29) is 0 Å². The Kier molecular flexibility index (Phi) is 5.56. The van der Waals surface area contributed by atoms with Crippen molar-refractivity contribution in [1.82, 2.24) is 19.8 Å². The Hall–Kier alpha value is -1.82. The van der Waals surface area contributed by atoms with Gasteiger partial charge in [0.2, 0.25) is 0 Å². The summed E-state index contributed by atoms with van der Waals surface area (Å²) in [6, 6.07) is 10.3. The zero-order chi connectivity index (χ0) is 16.9. The third-order valence-corrected chi connectivity index (χ3v) is 4.66. The highest BCUT2D eigenvalue weighted by Crippen LogP contribution is 2.18. The molecule has 5 heteroatoms. The molecule has 1 saturated heterocycles. The molecule has 1 N–H and O–H groups in total. The lowest BCUT2D eigenvalue weighted by atomic mass is 10.1. The van der Waals surface area contributed by atoms with Crippen molar-refractivity contribution in [3.8, 4) is 0 Å². The summed E-state index contributed by atoms with van der Waals surface area (Å²) in [5.41, 5.74) is 2.96. The Morgan fingerprint density at radius 3 is 2.62 bits per heavy atom. The van der Waals surface area contributed by atoms with Gasteiger partial charge in [0.05, 0.1) is 17.5 Å². The van der Waals surface area contributed by atoms with Crippen LogP contribution in [0.25, 0.3) is 0 Å². The summed E-state index contributed by atoms with van der Waals surface area (Å²) in [4.78, 5) is 13.5. The van der Waals surface area contributed by atoms with Crippen molar-refractivity contribution in [2.75, 3.05) is 26.2 Å². The number of nitrogens with zero attached hydrogens (tertiary/aromatic N) is 4. The number of aliphatic hydroxyl groups excluding tert-OH is 1. The van der Waals surface area contributed by atoms with Crippen LogP contribution in [0, 0.1) is 6.92 Å². The highest BCUT2D eigenvalue weighted by Gasteiger charge is 2.25. The van der Waals surface area contributed by atoms with Crippen molar-refractivity contribution >= 4 is 0 Å². The first-order chi connectivity index (χ1) is 11.6. The molecule has 24 heavy (non-hydrogen) atoms. The Labute approximate surface area is 144 Å². The highest BCUT2D eigenvalue weighted by molar-refractivity contribution is 5.17. The molecule has 2 heterocycles. The van der Waals surface area contributed by atoms with E-state index in [2.05, 4.69) is 26.7 Å². The minimum absolute atomic E-state index is 0.413. The molecule has 2 aromatic rings. The predicted octanol–water partition coefficient (Wildman–Crippen LogP) is 2.02. The summed E-state index contributed by atoms with van der Waals surface area (Å²) < 4.78 is 0. The summed E-state index contributed by atoms with van der Waals surface area (Å²) in [6.45, 7) is 8.64. The van der Waals surface area contributed by atoms with E-state index in [1.165, 1.54) is 0 Å². The largest absolute Gasteiger partial charge is 0.387 e. The molecular formula is C19H26N4O. The van der Waals surface area contributed by atoms with E-state index in [9.17, 15) is 5.11 Å². The molecule has 1 fully saturated rings. The van der Waals surface area contributed by atoms with E-state index in [0.717, 1.165) is 43.1 Å². The SMILES string of the molecule is Cc1cnc(CN2CCN(C[C@@H](O)c3ccccc3)[C@@H](C)C2)cn1. The fraction of sp³-hybridized carbons (Fsp3) is 0.474. The topological polar surface area (TPSA) is 52.5 Å². The zero-order valence-electron chi connectivity index (χ0n) is 14.5. The third-order valence-electron chi connectivity index (χ3n) is 4.66. The second-order valence-corrected chi connectivity index (χ2v) is 6.65. The van der Waals surface area contributed by atoms with Gasteiger partial charge >= 0.3 is 0 Å². The van der Waals surface area contributed by atoms with Crippen molar-refractivity contribution in [2.45, 2.75) is 32.5 Å². The smallest absolute Gasteiger partial charge is 0.0917 e. The molecule has 0 aliphatic carbocycles. The monoisotopic (exact) mass is 326 g/mol. The van der Waals surface area contributed by atoms with Crippen LogP contribution >= 0.6 is 0 Å². The van der Waals surface area contributed by atoms with Gasteiger partial charge in [-0.15, -0.1) is 0 Å². The average molecular weight is 326 g/mol. The van der Waals surface area contributed by atoms with Gasteiger partial charge in [-0.3, -0.25) is 19.8 Å². The van der Waals surface area contributed by atoms with Crippen molar-refractivity contribution in [3.63, 3.8) is 0 Å². The van der Waals surface area contributed by atoms with Gasteiger partial charge in [0.15, 0.2) is 0 Å². The molecule has 5 nitrogen and oxygen atoms in total. The Morgan fingerprint density at radius 1 is 1.17 bits per heavy atom. The van der Waals surface area contributed by atoms with Gasteiger partial charge in [0.25, 0.3) is 0 Å². The molecule has 1 aliphatic heterocycles. The van der Waals surface area contributed by atoms with Crippen molar-refractivity contribution in [2.24, 2.45) is 0 Å². The minimum atomic E-state index is -0.428. The summed E-state index contributed by atoms with van der Waals surface area (Å²) >= 11 is 0. The number of aromatic nitrogens is 2. The molecule has 1 aromatic carbocycles. The van der Waals surface area contributed by atoms with Crippen molar-refractivity contribution in [1.29, 1.82) is 0 Å². The molecular weight excluding hydrogens is 300 g/mol. The number of hydrogen-bond donors (Lipinski definition) is 1. The summed E-state index contributed by atoms with van der Waals surface area (Å²) in [6.07, 6.45) is 3.26. The molecule has 0 saturated carbocycles. The van der Waals surface area contributed by atoms with Crippen molar-refractivity contribution < 1.29 is 5.11 Å². The van der Waals surface area contributed by atoms with Crippen LogP contribution in [0.1, 0.15) is 30.0 Å². The number of aliphatic hydroxyl groups is 1. The first kappa shape index (κ1) is 17.0. The molecule has 1 aromatic heterocycles. The first-order valence-electron chi connectivity index (χ1n) is 8.59. The number of rotatable bonds is 5. The van der Waals surface area contributed by atoms with Crippen LogP contribution in [0.2, 0.25) is 0 Å². The van der Waals surface area contributed by atoms with E-state index >= 15 is 0 Å². The maximum absolute atomic E-state index is 10.4. The van der Waals surface area contributed by atoms with E-state index in [0.29, 0.717) is 12.6 Å². The predicted molar refractivity (Wildman–Crippen MR) is 94.5 cm³/mol. The summed E-state index contributed by atoms with van der Waals surface area (Å²) in [7, 11) is 0. The lowest BCUT2D eigenvalue weighted by molar-refractivity contribution is 0.0358. The second-order valence-electron chi connectivity index (χ2n) is 6.65. The van der Waals surface area contributed by atoms with Crippen molar-refractivity contribution in [3.05, 3.63) is 59.7 Å². The van der Waals surface area contributed by atoms with Gasteiger partial charge in [-0.05, 0) is 19.4 Å². The molecule has 0 amide bonds. The number of benzene rings is 1. The molecule has 1 aliphatic rings. The maximum atomic E-state index is 10.4. The molecule has 3 rings (SSSR count). The van der Waals surface area contributed by atoms with Crippen LogP contribution in [-0.4, -0.2) is 57.1 Å². The fourth-order valence-electron chi connectivity index (χ4n) is 3.22. The Balaban J connectivity index is 1.52. The van der Waals surface area contributed by atoms with Gasteiger partial charge in [0.1, 0.15) is 0 Å². The van der Waals surface area contributed by atoms with Gasteiger partial charge in [-0.2, -0.15) is 0 Å². The molecule has 0 radical (unpaired) electrons. The Morgan fingerprint density at radius 2 is 1.96 bits per heavy atom. The van der Waals surface area contributed by atoms with Gasteiger partial charge in [0, 0.05) is 51.2 Å². The lowest BCUT2D eigenvalue weighted by Gasteiger charge is -2.40. The fourth-order valence-corrected chi connectivity index (χ4v) is 3.22. The van der Waals surface area contributed by atoms with Crippen LogP contribution in [0.3, 0.4) is 0 Å². The van der Waals surface area contributed by atoms with E-state index in [1.54, 1.807) is 0 Å². The molecule has 0 spiro atoms. The van der Waals surface area contributed by atoms with Crippen LogP contribution in [0.5, 0.6) is 0 Å². The number of β-amino-alcohol motifs (C(OH)–C–C–N with tert-alkyl or cyclic N) is 1. The standard InChI is InChI=1S/C19H26N4O/c1-15-10-21-18(11-20-15)13-22-8-9-23(16(2)12-22)14-19(24)17-6-4-3-5-7-17/h3-7,10-11,16,19,24H,8-9,12-14H2,1-2H3/t16-,19+/m0/s1. The van der Waals surface area contributed by atoms with Gasteiger partial charge in [-0.1, -0.05) is 30.3 Å². The zero-order valence-corrected chi connectivity index (χ0v) is 14.5. The summed E-state index contributed by atoms with van der Waals surface area (Å²) in [5.74, 6) is 0.